The normalized spacial score (nSPS) is 22.0. The minimum absolute atomic E-state index is 0.0478. The van der Waals surface area contributed by atoms with Gasteiger partial charge in [-0.3, -0.25) is 9.62 Å². The summed E-state index contributed by atoms with van der Waals surface area (Å²) >= 11 is 0. The number of hydrogen-bond acceptors (Lipinski definition) is 7. The van der Waals surface area contributed by atoms with Crippen molar-refractivity contribution >= 4 is 15.7 Å². The van der Waals surface area contributed by atoms with Crippen LogP contribution in [0.25, 0.3) is 0 Å². The summed E-state index contributed by atoms with van der Waals surface area (Å²) < 4.78 is 41.8. The van der Waals surface area contributed by atoms with E-state index in [0.717, 1.165) is 16.7 Å². The fourth-order valence-electron chi connectivity index (χ4n) is 5.51. The van der Waals surface area contributed by atoms with Crippen LogP contribution in [0.2, 0.25) is 0 Å². The zero-order valence-corrected chi connectivity index (χ0v) is 26.0. The highest BCUT2D eigenvalue weighted by molar-refractivity contribution is 7.92. The quantitative estimate of drug-likeness (QED) is 0.195. The van der Waals surface area contributed by atoms with Crippen molar-refractivity contribution in [3.8, 4) is 0 Å². The van der Waals surface area contributed by atoms with E-state index in [0.29, 0.717) is 17.8 Å². The molecule has 1 heterocycles. The lowest BCUT2D eigenvalue weighted by Gasteiger charge is -2.43. The number of anilines is 1. The van der Waals surface area contributed by atoms with Gasteiger partial charge in [0, 0.05) is 29.8 Å². The molecular formula is C35H40N2O6S. The van der Waals surface area contributed by atoms with Gasteiger partial charge in [0.25, 0.3) is 10.0 Å². The molecule has 9 heteroatoms. The van der Waals surface area contributed by atoms with E-state index in [-0.39, 0.29) is 35.7 Å². The summed E-state index contributed by atoms with van der Waals surface area (Å²) in [7, 11) is -1.81. The lowest BCUT2D eigenvalue weighted by Crippen LogP contribution is -2.46. The Labute approximate surface area is 259 Å². The van der Waals surface area contributed by atoms with Gasteiger partial charge in [0.15, 0.2) is 6.29 Å². The van der Waals surface area contributed by atoms with Crippen LogP contribution in [0, 0.1) is 5.92 Å². The number of aliphatic hydroxyl groups excluding tert-OH is 2. The van der Waals surface area contributed by atoms with Gasteiger partial charge < -0.3 is 19.7 Å². The smallest absolute Gasteiger partial charge is 0.261 e. The molecule has 0 unspecified atom stereocenters. The van der Waals surface area contributed by atoms with Crippen molar-refractivity contribution in [2.24, 2.45) is 5.92 Å². The molecule has 1 aliphatic heterocycles. The molecule has 3 N–H and O–H groups in total. The minimum Gasteiger partial charge on any atom is -0.392 e. The van der Waals surface area contributed by atoms with Crippen LogP contribution < -0.4 is 4.72 Å². The van der Waals surface area contributed by atoms with Crippen LogP contribution in [-0.2, 0) is 26.1 Å². The highest BCUT2D eigenvalue weighted by atomic mass is 32.2. The molecule has 232 valence electrons. The van der Waals surface area contributed by atoms with Crippen LogP contribution in [0.4, 0.5) is 5.69 Å². The van der Waals surface area contributed by atoms with E-state index < -0.39 is 22.4 Å². The second kappa shape index (κ2) is 14.0. The lowest BCUT2D eigenvalue weighted by atomic mass is 9.89. The van der Waals surface area contributed by atoms with E-state index in [2.05, 4.69) is 16.5 Å². The lowest BCUT2D eigenvalue weighted by molar-refractivity contribution is -0.276. The number of benzene rings is 4. The maximum Gasteiger partial charge on any atom is 0.261 e. The van der Waals surface area contributed by atoms with Gasteiger partial charge in [0.2, 0.25) is 0 Å². The zero-order chi connectivity index (χ0) is 31.3. The molecule has 44 heavy (non-hydrogen) atoms. The van der Waals surface area contributed by atoms with Gasteiger partial charge in [0.05, 0.1) is 29.8 Å². The van der Waals surface area contributed by atoms with Crippen molar-refractivity contribution < 1.29 is 28.1 Å². The predicted molar refractivity (Wildman–Crippen MR) is 170 cm³/mol. The van der Waals surface area contributed by atoms with Crippen molar-refractivity contribution in [2.75, 3.05) is 18.3 Å². The molecule has 0 bridgehead atoms. The van der Waals surface area contributed by atoms with E-state index >= 15 is 0 Å². The van der Waals surface area contributed by atoms with Gasteiger partial charge >= 0.3 is 0 Å². The number of sulfonamides is 1. The average Bonchev–Trinajstić information content (AvgIpc) is 3.05. The maximum atomic E-state index is 13.0. The van der Waals surface area contributed by atoms with Gasteiger partial charge in [-0.1, -0.05) is 91.9 Å². The highest BCUT2D eigenvalue weighted by Crippen LogP contribution is 2.42. The Balaban J connectivity index is 1.40. The number of ether oxygens (including phenoxy) is 2. The van der Waals surface area contributed by atoms with Crippen molar-refractivity contribution in [3.63, 3.8) is 0 Å². The van der Waals surface area contributed by atoms with Gasteiger partial charge in [-0.2, -0.15) is 0 Å². The molecule has 0 aromatic heterocycles. The molecule has 5 rings (SSSR count). The SMILES string of the molecule is C[C@@H]1[C@H](CN(C)[C@H](C)[C@@H](O)c2ccccc2)O[C@H](c2cccc(NS(=O)(=O)c3ccccc3)c2)O[C@@H]1c1ccc(CO)cc1. The molecular weight excluding hydrogens is 576 g/mol. The van der Waals surface area contributed by atoms with Gasteiger partial charge in [-0.25, -0.2) is 8.42 Å². The Bertz CT molecular complexity index is 1600. The highest BCUT2D eigenvalue weighted by Gasteiger charge is 2.39. The molecule has 1 fully saturated rings. The molecule has 4 aromatic carbocycles. The number of nitrogens with zero attached hydrogens (tertiary/aromatic N) is 1. The Morgan fingerprint density at radius 3 is 2.18 bits per heavy atom. The number of hydrogen-bond donors (Lipinski definition) is 3. The van der Waals surface area contributed by atoms with E-state index in [9.17, 15) is 18.6 Å². The third kappa shape index (κ3) is 7.38. The average molecular weight is 617 g/mol. The number of likely N-dealkylation sites (N-methyl/N-ethyl adjacent to an activating group) is 1. The summed E-state index contributed by atoms with van der Waals surface area (Å²) in [5, 5.41) is 20.6. The monoisotopic (exact) mass is 616 g/mol. The summed E-state index contributed by atoms with van der Waals surface area (Å²) in [5.41, 5.74) is 3.68. The van der Waals surface area contributed by atoms with Crippen LogP contribution in [-0.4, -0.2) is 49.3 Å². The Kier molecular flexibility index (Phi) is 10.2. The maximum absolute atomic E-state index is 13.0. The second-order valence-corrected chi connectivity index (χ2v) is 13.1. The van der Waals surface area contributed by atoms with Crippen molar-refractivity contribution in [1.29, 1.82) is 0 Å². The summed E-state index contributed by atoms with van der Waals surface area (Å²) in [6.45, 7) is 4.56. The first-order valence-electron chi connectivity index (χ1n) is 14.8. The Morgan fingerprint density at radius 1 is 0.864 bits per heavy atom. The van der Waals surface area contributed by atoms with Crippen LogP contribution >= 0.6 is 0 Å². The summed E-state index contributed by atoms with van der Waals surface area (Å²) in [6.07, 6.45) is -2.07. The van der Waals surface area contributed by atoms with E-state index in [1.165, 1.54) is 0 Å². The molecule has 4 aromatic rings. The fraction of sp³-hybridized carbons (Fsp3) is 0.314. The van der Waals surface area contributed by atoms with Crippen LogP contribution in [0.5, 0.6) is 0 Å². The first-order chi connectivity index (χ1) is 21.2. The molecule has 8 nitrogen and oxygen atoms in total. The molecule has 0 radical (unpaired) electrons. The van der Waals surface area contributed by atoms with E-state index in [1.807, 2.05) is 74.6 Å². The second-order valence-electron chi connectivity index (χ2n) is 11.4. The molecule has 0 spiro atoms. The van der Waals surface area contributed by atoms with Crippen molar-refractivity contribution in [3.05, 3.63) is 131 Å². The predicted octanol–water partition coefficient (Wildman–Crippen LogP) is 5.83. The largest absolute Gasteiger partial charge is 0.392 e. The molecule has 1 aliphatic rings. The first kappa shape index (κ1) is 31.8. The number of nitrogens with one attached hydrogen (secondary N) is 1. The van der Waals surface area contributed by atoms with E-state index in [4.69, 9.17) is 9.47 Å². The molecule has 0 aliphatic carbocycles. The van der Waals surface area contributed by atoms with E-state index in [1.54, 1.807) is 48.5 Å². The minimum atomic E-state index is -3.78. The van der Waals surface area contributed by atoms with Crippen LogP contribution in [0.3, 0.4) is 0 Å². The fourth-order valence-corrected chi connectivity index (χ4v) is 6.58. The molecule has 0 amide bonds. The summed E-state index contributed by atoms with van der Waals surface area (Å²) in [6, 6.07) is 32.4. The van der Waals surface area contributed by atoms with Crippen LogP contribution in [0.15, 0.2) is 114 Å². The zero-order valence-electron chi connectivity index (χ0n) is 25.2. The van der Waals surface area contributed by atoms with Gasteiger partial charge in [0.1, 0.15) is 0 Å². The third-order valence-corrected chi connectivity index (χ3v) is 9.75. The summed E-state index contributed by atoms with van der Waals surface area (Å²) in [4.78, 5) is 2.27. The van der Waals surface area contributed by atoms with Crippen molar-refractivity contribution in [1.82, 2.24) is 4.90 Å². The topological polar surface area (TPSA) is 108 Å². The molecule has 1 saturated heterocycles. The first-order valence-corrected chi connectivity index (χ1v) is 16.3. The number of aliphatic hydroxyl groups is 2. The molecule has 6 atom stereocenters. The van der Waals surface area contributed by atoms with Crippen LogP contribution in [0.1, 0.15) is 54.6 Å². The Hall–Kier alpha value is -3.57. The van der Waals surface area contributed by atoms with Gasteiger partial charge in [-0.05, 0) is 54.9 Å². The Morgan fingerprint density at radius 2 is 1.52 bits per heavy atom. The standard InChI is InChI=1S/C35H40N2O6S/c1-24-32(22-37(3)25(2)33(39)27-11-6-4-7-12-27)42-35(43-34(24)28-19-17-26(23-38)18-20-28)29-13-10-14-30(21-29)36-44(40,41)31-15-8-5-9-16-31/h4-21,24-25,32-36,38-39H,22-23H2,1-3H3/t24-,25-,32+,33-,34+,35+/m1/s1. The molecule has 0 saturated carbocycles. The van der Waals surface area contributed by atoms with Gasteiger partial charge in [-0.15, -0.1) is 0 Å². The van der Waals surface area contributed by atoms with Crippen molar-refractivity contribution in [2.45, 2.75) is 56.0 Å². The summed E-state index contributed by atoms with van der Waals surface area (Å²) in [5.74, 6) is -0.0606. The third-order valence-electron chi connectivity index (χ3n) is 8.35. The number of rotatable bonds is 11.